The Kier molecular flexibility index (Phi) is 6.46. The number of nitrogens with zero attached hydrogens (tertiary/aromatic N) is 1. The lowest BCUT2D eigenvalue weighted by Gasteiger charge is -2.24. The van der Waals surface area contributed by atoms with E-state index in [1.54, 1.807) is 27.7 Å². The van der Waals surface area contributed by atoms with E-state index in [4.69, 9.17) is 14.3 Å². The van der Waals surface area contributed by atoms with E-state index in [0.29, 0.717) is 12.1 Å². The molecule has 2 rings (SSSR count). The molecular formula is C20H28N2O5. The molecule has 1 aromatic carbocycles. The van der Waals surface area contributed by atoms with Crippen LogP contribution in [0, 0.1) is 6.92 Å². The van der Waals surface area contributed by atoms with Gasteiger partial charge in [0.1, 0.15) is 5.60 Å². The van der Waals surface area contributed by atoms with Gasteiger partial charge in [0.25, 0.3) is 0 Å². The highest BCUT2D eigenvalue weighted by Crippen LogP contribution is 2.30. The summed E-state index contributed by atoms with van der Waals surface area (Å²) < 4.78 is 10.4. The standard InChI is InChI=1S/C20H28N2O5/c1-6-25-17(23)20(11-15-9-7-8-14(2)10-15)12-16(22-27-20)13-21-18(24)26-19(3,4)5/h7-10H,6,11-13H2,1-5H3,(H,21,24). The second-order valence-corrected chi connectivity index (χ2v) is 7.66. The van der Waals surface area contributed by atoms with Crippen molar-refractivity contribution in [3.8, 4) is 0 Å². The zero-order chi connectivity index (χ0) is 20.1. The molecule has 0 saturated carbocycles. The first-order valence-electron chi connectivity index (χ1n) is 9.07. The van der Waals surface area contributed by atoms with Crippen molar-refractivity contribution < 1.29 is 23.9 Å². The van der Waals surface area contributed by atoms with Gasteiger partial charge in [0, 0.05) is 12.8 Å². The Morgan fingerprint density at radius 1 is 1.33 bits per heavy atom. The molecule has 0 bridgehead atoms. The van der Waals surface area contributed by atoms with Crippen LogP contribution in [-0.4, -0.2) is 42.1 Å². The quantitative estimate of drug-likeness (QED) is 0.771. The van der Waals surface area contributed by atoms with Gasteiger partial charge in [-0.3, -0.25) is 0 Å². The number of hydrogen-bond acceptors (Lipinski definition) is 6. The molecule has 7 nitrogen and oxygen atoms in total. The zero-order valence-corrected chi connectivity index (χ0v) is 16.6. The molecule has 0 spiro atoms. The van der Waals surface area contributed by atoms with E-state index >= 15 is 0 Å². The Morgan fingerprint density at radius 3 is 2.70 bits per heavy atom. The second-order valence-electron chi connectivity index (χ2n) is 7.66. The number of aryl methyl sites for hydroxylation is 1. The zero-order valence-electron chi connectivity index (χ0n) is 16.6. The van der Waals surface area contributed by atoms with Crippen molar-refractivity contribution in [1.29, 1.82) is 0 Å². The third kappa shape index (κ3) is 5.98. The van der Waals surface area contributed by atoms with Crippen LogP contribution < -0.4 is 5.32 Å². The van der Waals surface area contributed by atoms with E-state index in [9.17, 15) is 9.59 Å². The predicted octanol–water partition coefficient (Wildman–Crippen LogP) is 3.14. The smallest absolute Gasteiger partial charge is 0.407 e. The van der Waals surface area contributed by atoms with Crippen molar-refractivity contribution in [3.63, 3.8) is 0 Å². The lowest BCUT2D eigenvalue weighted by molar-refractivity contribution is -0.168. The fraction of sp³-hybridized carbons (Fsp3) is 0.550. The molecule has 27 heavy (non-hydrogen) atoms. The molecule has 1 unspecified atom stereocenters. The Balaban J connectivity index is 2.05. The number of alkyl carbamates (subject to hydrolysis) is 1. The van der Waals surface area contributed by atoms with Crippen molar-refractivity contribution in [1.82, 2.24) is 5.32 Å². The Bertz CT molecular complexity index is 723. The van der Waals surface area contributed by atoms with E-state index in [0.717, 1.165) is 11.1 Å². The van der Waals surface area contributed by atoms with Gasteiger partial charge in [-0.05, 0) is 40.2 Å². The van der Waals surface area contributed by atoms with Crippen LogP contribution in [0.5, 0.6) is 0 Å². The molecule has 0 aromatic heterocycles. The summed E-state index contributed by atoms with van der Waals surface area (Å²) in [5.74, 6) is -0.456. The number of rotatable bonds is 6. The normalized spacial score (nSPS) is 19.1. The molecule has 0 radical (unpaired) electrons. The number of esters is 1. The van der Waals surface area contributed by atoms with Crippen LogP contribution in [0.1, 0.15) is 45.2 Å². The second kappa shape index (κ2) is 8.41. The van der Waals surface area contributed by atoms with Crippen LogP contribution in [0.4, 0.5) is 4.79 Å². The fourth-order valence-electron chi connectivity index (χ4n) is 2.82. The molecule has 7 heteroatoms. The minimum atomic E-state index is -1.21. The molecule has 1 aromatic rings. The van der Waals surface area contributed by atoms with E-state index < -0.39 is 23.3 Å². The summed E-state index contributed by atoms with van der Waals surface area (Å²) in [6.45, 7) is 9.50. The van der Waals surface area contributed by atoms with Crippen LogP contribution in [0.2, 0.25) is 0 Å². The monoisotopic (exact) mass is 376 g/mol. The number of amides is 1. The van der Waals surface area contributed by atoms with Crippen LogP contribution in [0.25, 0.3) is 0 Å². The molecular weight excluding hydrogens is 348 g/mol. The van der Waals surface area contributed by atoms with E-state index in [-0.39, 0.29) is 19.6 Å². The van der Waals surface area contributed by atoms with E-state index in [1.807, 2.05) is 31.2 Å². The van der Waals surface area contributed by atoms with Crippen molar-refractivity contribution in [2.24, 2.45) is 5.16 Å². The van der Waals surface area contributed by atoms with Crippen molar-refractivity contribution in [2.45, 2.75) is 58.7 Å². The average molecular weight is 376 g/mol. The number of ether oxygens (including phenoxy) is 2. The minimum Gasteiger partial charge on any atom is -0.463 e. The average Bonchev–Trinajstić information content (AvgIpc) is 2.96. The highest BCUT2D eigenvalue weighted by Gasteiger charge is 2.48. The van der Waals surface area contributed by atoms with Gasteiger partial charge in [0.15, 0.2) is 0 Å². The van der Waals surface area contributed by atoms with Crippen LogP contribution >= 0.6 is 0 Å². The third-order valence-electron chi connectivity index (χ3n) is 3.89. The van der Waals surface area contributed by atoms with Crippen LogP contribution in [-0.2, 0) is 25.5 Å². The predicted molar refractivity (Wildman–Crippen MR) is 102 cm³/mol. The first-order chi connectivity index (χ1) is 12.6. The Hall–Kier alpha value is -2.57. The van der Waals surface area contributed by atoms with Crippen molar-refractivity contribution >= 4 is 17.8 Å². The van der Waals surface area contributed by atoms with Crippen LogP contribution in [0.3, 0.4) is 0 Å². The molecule has 1 amide bonds. The third-order valence-corrected chi connectivity index (χ3v) is 3.89. The minimum absolute atomic E-state index is 0.143. The largest absolute Gasteiger partial charge is 0.463 e. The molecule has 1 aliphatic heterocycles. The number of carbonyl (C=O) groups is 2. The van der Waals surface area contributed by atoms with Crippen molar-refractivity contribution in [2.75, 3.05) is 13.2 Å². The van der Waals surface area contributed by atoms with Gasteiger partial charge in [0.05, 0.1) is 18.9 Å². The Labute approximate surface area is 160 Å². The summed E-state index contributed by atoms with van der Waals surface area (Å²) in [5.41, 5.74) is 0.811. The van der Waals surface area contributed by atoms with Crippen molar-refractivity contribution in [3.05, 3.63) is 35.4 Å². The Morgan fingerprint density at radius 2 is 2.07 bits per heavy atom. The van der Waals surface area contributed by atoms with Gasteiger partial charge in [-0.1, -0.05) is 35.0 Å². The maximum atomic E-state index is 12.6. The number of oxime groups is 1. The summed E-state index contributed by atoms with van der Waals surface area (Å²) in [4.78, 5) is 30.0. The number of hydrogen-bond donors (Lipinski definition) is 1. The number of benzene rings is 1. The van der Waals surface area contributed by atoms with Gasteiger partial charge in [-0.2, -0.15) is 0 Å². The SMILES string of the molecule is CCOC(=O)C1(Cc2cccc(C)c2)CC(CNC(=O)OC(C)(C)C)=NO1. The molecule has 1 heterocycles. The lowest BCUT2D eigenvalue weighted by Crippen LogP contribution is -2.44. The molecule has 148 valence electrons. The summed E-state index contributed by atoms with van der Waals surface area (Å²) >= 11 is 0. The molecule has 0 saturated heterocycles. The number of nitrogens with one attached hydrogen (secondary N) is 1. The van der Waals surface area contributed by atoms with Gasteiger partial charge < -0.3 is 19.6 Å². The van der Waals surface area contributed by atoms with Gasteiger partial charge in [-0.15, -0.1) is 0 Å². The van der Waals surface area contributed by atoms with Gasteiger partial charge in [0.2, 0.25) is 5.60 Å². The maximum Gasteiger partial charge on any atom is 0.407 e. The van der Waals surface area contributed by atoms with Gasteiger partial charge >= 0.3 is 12.1 Å². The van der Waals surface area contributed by atoms with E-state index in [2.05, 4.69) is 10.5 Å². The molecule has 1 aliphatic rings. The molecule has 1 N–H and O–H groups in total. The lowest BCUT2D eigenvalue weighted by atomic mass is 9.89. The van der Waals surface area contributed by atoms with Gasteiger partial charge in [-0.25, -0.2) is 9.59 Å². The molecule has 0 fully saturated rings. The summed E-state index contributed by atoms with van der Waals surface area (Å²) in [5, 5.41) is 6.66. The maximum absolute atomic E-state index is 12.6. The first kappa shape index (κ1) is 20.7. The summed E-state index contributed by atoms with van der Waals surface area (Å²) in [6.07, 6.45) is 0.0419. The topological polar surface area (TPSA) is 86.2 Å². The van der Waals surface area contributed by atoms with Crippen LogP contribution in [0.15, 0.2) is 29.4 Å². The molecule has 1 atom stereocenters. The summed E-state index contributed by atoms with van der Waals surface area (Å²) in [7, 11) is 0. The number of carbonyl (C=O) groups excluding carboxylic acids is 2. The highest BCUT2D eigenvalue weighted by molar-refractivity contribution is 5.96. The summed E-state index contributed by atoms with van der Waals surface area (Å²) in [6, 6.07) is 7.86. The highest BCUT2D eigenvalue weighted by atomic mass is 16.7. The first-order valence-corrected chi connectivity index (χ1v) is 9.07. The fourth-order valence-corrected chi connectivity index (χ4v) is 2.82. The van der Waals surface area contributed by atoms with E-state index in [1.165, 1.54) is 0 Å². The molecule has 0 aliphatic carbocycles.